The lowest BCUT2D eigenvalue weighted by Crippen LogP contribution is -2.14. The van der Waals surface area contributed by atoms with E-state index in [9.17, 15) is 35.5 Å². The van der Waals surface area contributed by atoms with E-state index < -0.39 is 40.7 Å². The summed E-state index contributed by atoms with van der Waals surface area (Å²) in [5.41, 5.74) is -0.890. The fraction of sp³-hybridized carbons (Fsp3) is 0.0857. The fourth-order valence-corrected chi connectivity index (χ4v) is 12.0. The number of hydrogen-bond acceptors (Lipinski definition) is 14. The average Bonchev–Trinajstić information content (AvgIpc) is 2.01. The van der Waals surface area contributed by atoms with E-state index in [1.807, 2.05) is 0 Å². The summed E-state index contributed by atoms with van der Waals surface area (Å²) in [7, 11) is -11.7. The minimum absolute atomic E-state index is 0.0464. The van der Waals surface area contributed by atoms with Crippen LogP contribution in [0.1, 0.15) is 38.8 Å². The van der Waals surface area contributed by atoms with Crippen LogP contribution in [-0.4, -0.2) is 46.7 Å². The van der Waals surface area contributed by atoms with E-state index in [4.69, 9.17) is 28.4 Å². The number of aliphatic hydroxyl groups is 2. The van der Waals surface area contributed by atoms with Gasteiger partial charge in [-0.25, -0.2) is 25.3 Å². The normalized spacial score (nSPS) is 11.7. The first-order chi connectivity index (χ1) is 41.5. The largest absolute Gasteiger partial charge is 0.457 e. The van der Waals surface area contributed by atoms with Crippen LogP contribution in [0, 0.1) is 23.7 Å². The molecule has 17 heteroatoms. The van der Waals surface area contributed by atoms with Crippen molar-refractivity contribution >= 4 is 29.5 Å². The molecule has 87 heavy (non-hydrogen) atoms. The standard InChI is InChI=1S/C70H54O14S3/c1-69(2,71)45-43-49-11-13-51(14-12-49)79-54-19-31-63(32-20-54)86(75,76)67-39-27-58(28-40-67)83-61-9-6-10-62(48-61)84-59-29-41-68(42-30-59)87(77,78)65-35-23-56(24-36-65)81-53-17-15-52(16-18-53)80-55-21-33-64(34-22-55)85(73,74)66-37-25-57(26-38-66)82-60-8-5-7-50(47-60)44-46-70(3,4)72/h5-42,47-48,71-72H,1-4H3. The molecule has 0 aromatic heterocycles. The highest BCUT2D eigenvalue weighted by atomic mass is 32.2. The minimum Gasteiger partial charge on any atom is -0.457 e. The summed E-state index contributed by atoms with van der Waals surface area (Å²) in [5.74, 6) is 16.5. The van der Waals surface area contributed by atoms with Gasteiger partial charge in [0.15, 0.2) is 0 Å². The quantitative estimate of drug-likeness (QED) is 0.0769. The van der Waals surface area contributed by atoms with Gasteiger partial charge >= 0.3 is 0 Å². The predicted octanol–water partition coefficient (Wildman–Crippen LogP) is 15.2. The first-order valence-corrected chi connectivity index (χ1v) is 31.3. The molecule has 10 aromatic rings. The molecule has 436 valence electrons. The lowest BCUT2D eigenvalue weighted by molar-refractivity contribution is 0.143. The molecule has 0 bridgehead atoms. The van der Waals surface area contributed by atoms with Crippen LogP contribution in [0.15, 0.2) is 272 Å². The minimum atomic E-state index is -3.93. The zero-order valence-electron chi connectivity index (χ0n) is 47.1. The molecule has 0 spiro atoms. The SMILES string of the molecule is CC(C)(O)C#Cc1ccc(Oc2ccc(S(=O)(=O)c3ccc(Oc4cccc(Oc5ccc(S(=O)(=O)c6ccc(Oc7ccc(Oc8ccc(S(=O)(=O)c9ccc(Oc%10cccc(C#CC(C)(C)O)c%10)cc9)cc8)cc7)cc6)cc5)c4)cc3)cc2)cc1. The Balaban J connectivity index is 0.684. The number of hydrogen-bond donors (Lipinski definition) is 2. The third-order valence-electron chi connectivity index (χ3n) is 12.6. The van der Waals surface area contributed by atoms with Gasteiger partial charge in [-0.1, -0.05) is 35.8 Å². The van der Waals surface area contributed by atoms with Gasteiger partial charge in [-0.2, -0.15) is 0 Å². The third kappa shape index (κ3) is 15.8. The van der Waals surface area contributed by atoms with E-state index in [0.717, 1.165) is 0 Å². The maximum Gasteiger partial charge on any atom is 0.206 e. The number of ether oxygens (including phenoxy) is 6. The van der Waals surface area contributed by atoms with Gasteiger partial charge in [-0.05, 0) is 252 Å². The molecular weight excluding hydrogens is 1160 g/mol. The Labute approximate surface area is 505 Å². The van der Waals surface area contributed by atoms with Crippen molar-refractivity contribution in [2.75, 3.05) is 0 Å². The van der Waals surface area contributed by atoms with Crippen molar-refractivity contribution < 1.29 is 63.9 Å². The van der Waals surface area contributed by atoms with Crippen molar-refractivity contribution in [1.82, 2.24) is 0 Å². The van der Waals surface area contributed by atoms with Crippen molar-refractivity contribution in [2.24, 2.45) is 0 Å². The number of rotatable bonds is 18. The molecule has 10 aromatic carbocycles. The van der Waals surface area contributed by atoms with Crippen molar-refractivity contribution in [2.45, 2.75) is 68.3 Å². The highest BCUT2D eigenvalue weighted by Crippen LogP contribution is 2.35. The molecule has 0 saturated carbocycles. The molecule has 0 heterocycles. The molecule has 14 nitrogen and oxygen atoms in total. The Morgan fingerprint density at radius 1 is 0.264 bits per heavy atom. The van der Waals surface area contributed by atoms with Crippen molar-refractivity contribution in [3.8, 4) is 92.7 Å². The highest BCUT2D eigenvalue weighted by Gasteiger charge is 2.22. The van der Waals surface area contributed by atoms with Gasteiger partial charge in [0.2, 0.25) is 29.5 Å². The molecule has 2 N–H and O–H groups in total. The fourth-order valence-electron chi connectivity index (χ4n) is 8.22. The zero-order valence-corrected chi connectivity index (χ0v) is 49.6. The Bertz CT molecular complexity index is 4560. The van der Waals surface area contributed by atoms with Crippen LogP contribution in [0.5, 0.6) is 69.0 Å². The van der Waals surface area contributed by atoms with Gasteiger partial charge in [0.1, 0.15) is 80.2 Å². The summed E-state index contributed by atoms with van der Waals surface area (Å²) in [6.07, 6.45) is 0. The monoisotopic (exact) mass is 1210 g/mol. The van der Waals surface area contributed by atoms with E-state index in [1.54, 1.807) is 198 Å². The van der Waals surface area contributed by atoms with Crippen molar-refractivity contribution in [3.63, 3.8) is 0 Å². The Morgan fingerprint density at radius 3 is 0.736 bits per heavy atom. The summed E-state index contributed by atoms with van der Waals surface area (Å²) in [5, 5.41) is 19.8. The van der Waals surface area contributed by atoms with Crippen LogP contribution in [0.25, 0.3) is 0 Å². The lowest BCUT2D eigenvalue weighted by Gasteiger charge is -2.11. The summed E-state index contributed by atoms with van der Waals surface area (Å²) < 4.78 is 117. The molecule has 0 amide bonds. The predicted molar refractivity (Wildman–Crippen MR) is 328 cm³/mol. The molecule has 0 atom stereocenters. The van der Waals surface area contributed by atoms with Gasteiger partial charge in [-0.3, -0.25) is 0 Å². The molecule has 0 aliphatic rings. The van der Waals surface area contributed by atoms with Gasteiger partial charge in [0.05, 0.1) is 29.4 Å². The van der Waals surface area contributed by atoms with Crippen LogP contribution >= 0.6 is 0 Å². The number of sulfone groups is 3. The second-order valence-electron chi connectivity index (χ2n) is 20.6. The first-order valence-electron chi connectivity index (χ1n) is 26.8. The van der Waals surface area contributed by atoms with Gasteiger partial charge in [0.25, 0.3) is 0 Å². The van der Waals surface area contributed by atoms with E-state index >= 15 is 0 Å². The maximum absolute atomic E-state index is 13.7. The second kappa shape index (κ2) is 25.2. The third-order valence-corrected chi connectivity index (χ3v) is 17.9. The van der Waals surface area contributed by atoms with Crippen LogP contribution in [-0.2, 0) is 29.5 Å². The Hall–Kier alpha value is -10.1. The van der Waals surface area contributed by atoms with E-state index in [-0.39, 0.29) is 29.4 Å². The maximum atomic E-state index is 13.7. The molecule has 0 radical (unpaired) electrons. The van der Waals surface area contributed by atoms with E-state index in [2.05, 4.69) is 23.7 Å². The van der Waals surface area contributed by atoms with E-state index in [1.165, 1.54) is 72.8 Å². The van der Waals surface area contributed by atoms with E-state index in [0.29, 0.717) is 80.1 Å². The van der Waals surface area contributed by atoms with Crippen LogP contribution in [0.3, 0.4) is 0 Å². The Kier molecular flexibility index (Phi) is 17.4. The number of benzene rings is 10. The lowest BCUT2D eigenvalue weighted by atomic mass is 10.1. The second-order valence-corrected chi connectivity index (χ2v) is 26.4. The summed E-state index contributed by atoms with van der Waals surface area (Å²) in [6.45, 7) is 6.40. The van der Waals surface area contributed by atoms with Gasteiger partial charge < -0.3 is 38.6 Å². The molecule has 0 aliphatic carbocycles. The summed E-state index contributed by atoms with van der Waals surface area (Å²) >= 11 is 0. The molecule has 10 rings (SSSR count). The first kappa shape index (κ1) is 60.0. The summed E-state index contributed by atoms with van der Waals surface area (Å²) in [4.78, 5) is 0.402. The van der Waals surface area contributed by atoms with Crippen LogP contribution in [0.4, 0.5) is 0 Å². The zero-order chi connectivity index (χ0) is 61.4. The van der Waals surface area contributed by atoms with Crippen LogP contribution < -0.4 is 28.4 Å². The van der Waals surface area contributed by atoms with Gasteiger partial charge in [-0.15, -0.1) is 0 Å². The van der Waals surface area contributed by atoms with Gasteiger partial charge in [0, 0.05) is 17.2 Å². The molecular formula is C70H54O14S3. The van der Waals surface area contributed by atoms with Crippen LogP contribution in [0.2, 0.25) is 0 Å². The average molecular weight is 1220 g/mol. The van der Waals surface area contributed by atoms with Crippen molar-refractivity contribution in [1.29, 1.82) is 0 Å². The summed E-state index contributed by atoms with van der Waals surface area (Å²) in [6, 6.07) is 63.8. The molecule has 0 saturated heterocycles. The molecule has 0 aliphatic heterocycles. The Morgan fingerprint density at radius 2 is 0.471 bits per heavy atom. The van der Waals surface area contributed by atoms with Crippen molar-refractivity contribution in [3.05, 3.63) is 254 Å². The molecule has 0 fully saturated rings. The highest BCUT2D eigenvalue weighted by molar-refractivity contribution is 7.92. The molecule has 0 unspecified atom stereocenters. The topological polar surface area (TPSA) is 198 Å². The smallest absolute Gasteiger partial charge is 0.206 e.